The van der Waals surface area contributed by atoms with Gasteiger partial charge >= 0.3 is 0 Å². The van der Waals surface area contributed by atoms with Gasteiger partial charge in [-0.2, -0.15) is 0 Å². The molecular weight excluding hydrogens is 152 g/mol. The lowest BCUT2D eigenvalue weighted by Gasteiger charge is -2.24. The van der Waals surface area contributed by atoms with E-state index < -0.39 is 5.79 Å². The molecule has 0 aliphatic carbocycles. The fraction of sp³-hybridized carbons (Fsp3) is 0.600. The second-order valence-corrected chi connectivity index (χ2v) is 3.55. The van der Waals surface area contributed by atoms with Gasteiger partial charge in [0.25, 0.3) is 0 Å². The number of rotatable bonds is 3. The van der Waals surface area contributed by atoms with E-state index in [1.165, 1.54) is 0 Å². The smallest absolute Gasteiger partial charge is 0.185 e. The average Bonchev–Trinajstić information content (AvgIpc) is 2.30. The van der Waals surface area contributed by atoms with Gasteiger partial charge in [0.2, 0.25) is 0 Å². The van der Waals surface area contributed by atoms with Crippen LogP contribution in [0.1, 0.15) is 20.3 Å². The van der Waals surface area contributed by atoms with Crippen LogP contribution in [0.3, 0.4) is 0 Å². The molecule has 2 nitrogen and oxygen atoms in total. The summed E-state index contributed by atoms with van der Waals surface area (Å²) in [5.74, 6) is -0.613. The van der Waals surface area contributed by atoms with E-state index in [4.69, 9.17) is 9.47 Å². The first-order valence-corrected chi connectivity index (χ1v) is 4.12. The summed E-state index contributed by atoms with van der Waals surface area (Å²) in [6, 6.07) is 0. The van der Waals surface area contributed by atoms with Crippen molar-refractivity contribution in [1.82, 2.24) is 0 Å². The lowest BCUT2D eigenvalue weighted by molar-refractivity contribution is -0.133. The summed E-state index contributed by atoms with van der Waals surface area (Å²) in [7, 11) is 0. The highest BCUT2D eigenvalue weighted by Crippen LogP contribution is 2.33. The summed E-state index contributed by atoms with van der Waals surface area (Å²) in [4.78, 5) is 0. The first kappa shape index (κ1) is 9.49. The Morgan fingerprint density at radius 3 is 2.50 bits per heavy atom. The Morgan fingerprint density at radius 1 is 1.42 bits per heavy atom. The molecule has 2 atom stereocenters. The summed E-state index contributed by atoms with van der Waals surface area (Å²) in [6.07, 6.45) is 4.33. The van der Waals surface area contributed by atoms with Crippen molar-refractivity contribution in [2.24, 2.45) is 0 Å². The molecule has 2 heteroatoms. The minimum absolute atomic E-state index is 0.231. The summed E-state index contributed by atoms with van der Waals surface area (Å²) >= 11 is 0. The molecule has 1 aliphatic rings. The lowest BCUT2D eigenvalue weighted by atomic mass is 10.0. The van der Waals surface area contributed by atoms with Gasteiger partial charge in [-0.3, -0.25) is 0 Å². The van der Waals surface area contributed by atoms with Gasteiger partial charge in [-0.05, 0) is 26.3 Å². The molecule has 0 bridgehead atoms. The van der Waals surface area contributed by atoms with Crippen LogP contribution in [0, 0.1) is 0 Å². The fourth-order valence-electron chi connectivity index (χ4n) is 1.35. The van der Waals surface area contributed by atoms with Crippen LogP contribution in [0.2, 0.25) is 0 Å². The van der Waals surface area contributed by atoms with Crippen LogP contribution >= 0.6 is 0 Å². The fourth-order valence-corrected chi connectivity index (χ4v) is 1.35. The lowest BCUT2D eigenvalue weighted by Crippen LogP contribution is -2.30. The van der Waals surface area contributed by atoms with Crippen LogP contribution in [0.15, 0.2) is 25.3 Å². The molecule has 1 rings (SSSR count). The predicted octanol–water partition coefficient (Wildman–Crippen LogP) is 2.27. The molecule has 0 radical (unpaired) electrons. The molecule has 1 saturated heterocycles. The molecule has 0 amide bonds. The predicted molar refractivity (Wildman–Crippen MR) is 48.9 cm³/mol. The van der Waals surface area contributed by atoms with E-state index in [2.05, 4.69) is 13.2 Å². The Morgan fingerprint density at radius 2 is 2.08 bits per heavy atom. The van der Waals surface area contributed by atoms with E-state index in [1.54, 1.807) is 6.08 Å². The van der Waals surface area contributed by atoms with Gasteiger partial charge in [0.05, 0.1) is 12.2 Å². The average molecular weight is 168 g/mol. The van der Waals surface area contributed by atoms with Crippen LogP contribution in [-0.4, -0.2) is 18.0 Å². The molecular formula is C10H16O2. The van der Waals surface area contributed by atoms with Crippen molar-refractivity contribution in [3.05, 3.63) is 25.3 Å². The molecule has 0 unspecified atom stereocenters. The number of hydrogen-bond acceptors (Lipinski definition) is 2. The third-order valence-electron chi connectivity index (χ3n) is 2.06. The molecule has 1 heterocycles. The normalized spacial score (nSPS) is 41.2. The van der Waals surface area contributed by atoms with Crippen molar-refractivity contribution < 1.29 is 9.47 Å². The van der Waals surface area contributed by atoms with E-state index in [9.17, 15) is 0 Å². The maximum Gasteiger partial charge on any atom is 0.185 e. The zero-order valence-corrected chi connectivity index (χ0v) is 7.80. The van der Waals surface area contributed by atoms with Gasteiger partial charge in [-0.25, -0.2) is 0 Å². The van der Waals surface area contributed by atoms with E-state index in [0.717, 1.165) is 6.42 Å². The highest BCUT2D eigenvalue weighted by Gasteiger charge is 2.42. The molecule has 68 valence electrons. The Hall–Kier alpha value is -0.600. The van der Waals surface area contributed by atoms with Crippen LogP contribution in [-0.2, 0) is 9.47 Å². The molecule has 1 aliphatic heterocycles. The molecule has 0 N–H and O–H groups in total. The maximum absolute atomic E-state index is 5.71. The second-order valence-electron chi connectivity index (χ2n) is 3.55. The molecule has 0 spiro atoms. The van der Waals surface area contributed by atoms with Gasteiger partial charge in [-0.1, -0.05) is 12.7 Å². The quantitative estimate of drug-likeness (QED) is 0.602. The zero-order valence-electron chi connectivity index (χ0n) is 7.80. The van der Waals surface area contributed by atoms with Crippen LogP contribution < -0.4 is 0 Å². The van der Waals surface area contributed by atoms with E-state index in [1.807, 2.05) is 19.9 Å². The molecule has 12 heavy (non-hydrogen) atoms. The van der Waals surface area contributed by atoms with E-state index >= 15 is 0 Å². The van der Waals surface area contributed by atoms with Gasteiger partial charge in [-0.15, -0.1) is 6.58 Å². The summed E-state index contributed by atoms with van der Waals surface area (Å²) < 4.78 is 11.2. The largest absolute Gasteiger partial charge is 0.344 e. The molecule has 1 fully saturated rings. The van der Waals surface area contributed by atoms with Gasteiger partial charge in [0.1, 0.15) is 0 Å². The summed E-state index contributed by atoms with van der Waals surface area (Å²) in [5.41, 5.74) is -0.231. The highest BCUT2D eigenvalue weighted by molar-refractivity contribution is 4.97. The maximum atomic E-state index is 5.71. The van der Waals surface area contributed by atoms with Crippen molar-refractivity contribution >= 4 is 0 Å². The van der Waals surface area contributed by atoms with Gasteiger partial charge < -0.3 is 9.47 Å². The first-order chi connectivity index (χ1) is 5.54. The van der Waals surface area contributed by atoms with Crippen LogP contribution in [0.4, 0.5) is 0 Å². The minimum Gasteiger partial charge on any atom is -0.344 e. The van der Waals surface area contributed by atoms with Crippen molar-refractivity contribution in [2.45, 2.75) is 31.7 Å². The zero-order chi connectivity index (χ0) is 9.24. The second kappa shape index (κ2) is 3.04. The Balaban J connectivity index is 2.65. The van der Waals surface area contributed by atoms with Crippen molar-refractivity contribution in [2.75, 3.05) is 6.61 Å². The minimum atomic E-state index is -0.613. The monoisotopic (exact) mass is 168 g/mol. The van der Waals surface area contributed by atoms with Crippen molar-refractivity contribution in [3.8, 4) is 0 Å². The van der Waals surface area contributed by atoms with E-state index in [-0.39, 0.29) is 5.60 Å². The third-order valence-corrected chi connectivity index (χ3v) is 2.06. The third kappa shape index (κ3) is 1.76. The Bertz CT molecular complexity index is 200. The standard InChI is InChI=1S/C10H16O2/c1-5-7-9(3)8-11-10(4,6-2)12-9/h5-6H,1-2,7-8H2,3-4H3/t9-,10+/m0/s1. The van der Waals surface area contributed by atoms with Crippen molar-refractivity contribution in [3.63, 3.8) is 0 Å². The topological polar surface area (TPSA) is 18.5 Å². The highest BCUT2D eigenvalue weighted by atomic mass is 16.8. The van der Waals surface area contributed by atoms with E-state index in [0.29, 0.717) is 6.61 Å². The number of hydrogen-bond donors (Lipinski definition) is 0. The van der Waals surface area contributed by atoms with Crippen LogP contribution in [0.5, 0.6) is 0 Å². The van der Waals surface area contributed by atoms with Gasteiger partial charge in [0.15, 0.2) is 5.79 Å². The number of ether oxygens (including phenoxy) is 2. The molecule has 0 aromatic heterocycles. The SMILES string of the molecule is C=CC[C@@]1(C)CO[C@@](C)(C=C)O1. The van der Waals surface area contributed by atoms with Crippen LogP contribution in [0.25, 0.3) is 0 Å². The van der Waals surface area contributed by atoms with Crippen molar-refractivity contribution in [1.29, 1.82) is 0 Å². The molecule has 0 aromatic carbocycles. The van der Waals surface area contributed by atoms with Gasteiger partial charge in [0, 0.05) is 0 Å². The molecule has 0 saturated carbocycles. The Labute approximate surface area is 73.9 Å². The summed E-state index contributed by atoms with van der Waals surface area (Å²) in [6.45, 7) is 11.8. The Kier molecular flexibility index (Phi) is 2.40. The summed E-state index contributed by atoms with van der Waals surface area (Å²) in [5, 5.41) is 0. The molecule has 0 aromatic rings. The first-order valence-electron chi connectivity index (χ1n) is 4.12.